The van der Waals surface area contributed by atoms with Gasteiger partial charge >= 0.3 is 0 Å². The van der Waals surface area contributed by atoms with Gasteiger partial charge in [0.25, 0.3) is 0 Å². The van der Waals surface area contributed by atoms with Crippen LogP contribution in [0.2, 0.25) is 10.0 Å². The zero-order chi connectivity index (χ0) is 14.5. The predicted molar refractivity (Wildman–Crippen MR) is 81.8 cm³/mol. The highest BCUT2D eigenvalue weighted by atomic mass is 35.5. The smallest absolute Gasteiger partial charge is 0.171 e. The normalized spacial score (nSPS) is 13.1. The van der Waals surface area contributed by atoms with Crippen LogP contribution in [0.4, 0.5) is 0 Å². The molecule has 1 heterocycles. The molecular weight excluding hydrogens is 295 g/mol. The molecule has 0 N–H and O–H groups in total. The molecule has 2 aromatic rings. The first-order chi connectivity index (χ1) is 9.34. The summed E-state index contributed by atoms with van der Waals surface area (Å²) in [5.41, 5.74) is 1.24. The average molecular weight is 309 g/mol. The molecule has 0 saturated heterocycles. The Balaban J connectivity index is 2.04. The zero-order valence-corrected chi connectivity index (χ0v) is 13.0. The lowest BCUT2D eigenvalue weighted by atomic mass is 9.87. The Morgan fingerprint density at radius 1 is 0.750 bits per heavy atom. The Morgan fingerprint density at radius 3 is 1.80 bits per heavy atom. The summed E-state index contributed by atoms with van der Waals surface area (Å²) in [6.07, 6.45) is 0. The van der Waals surface area contributed by atoms with Gasteiger partial charge in [-0.3, -0.25) is 0 Å². The Kier molecular flexibility index (Phi) is 3.11. The highest BCUT2D eigenvalue weighted by Crippen LogP contribution is 2.48. The molecule has 0 aromatic heterocycles. The first-order valence-electron chi connectivity index (χ1n) is 6.34. The summed E-state index contributed by atoms with van der Waals surface area (Å²) in [5.74, 6) is 2.54. The molecule has 4 heteroatoms. The van der Waals surface area contributed by atoms with Gasteiger partial charge in [-0.15, -0.1) is 0 Å². The van der Waals surface area contributed by atoms with Gasteiger partial charge in [-0.1, -0.05) is 50.0 Å². The molecule has 0 aliphatic carbocycles. The molecule has 0 bridgehead atoms. The molecule has 0 atom stereocenters. The minimum Gasteiger partial charge on any atom is -0.449 e. The minimum atomic E-state index is 0.0519. The molecule has 0 saturated carbocycles. The molecule has 0 amide bonds. The number of rotatable bonds is 0. The Morgan fingerprint density at radius 2 is 1.25 bits per heavy atom. The third-order valence-corrected chi connectivity index (χ3v) is 3.96. The second-order valence-corrected chi connectivity index (χ2v) is 6.64. The van der Waals surface area contributed by atoms with Crippen molar-refractivity contribution in [3.8, 4) is 23.0 Å². The second-order valence-electron chi connectivity index (χ2n) is 5.83. The van der Waals surface area contributed by atoms with Gasteiger partial charge in [-0.2, -0.15) is 0 Å². The summed E-state index contributed by atoms with van der Waals surface area (Å²) in [7, 11) is 0. The highest BCUT2D eigenvalue weighted by Gasteiger charge is 2.23. The van der Waals surface area contributed by atoms with Crippen molar-refractivity contribution in [3.05, 3.63) is 45.9 Å². The van der Waals surface area contributed by atoms with Crippen LogP contribution in [0.25, 0.3) is 0 Å². The third kappa shape index (κ3) is 2.34. The van der Waals surface area contributed by atoms with Crippen molar-refractivity contribution in [2.45, 2.75) is 26.2 Å². The lowest BCUT2D eigenvalue weighted by Gasteiger charge is -2.25. The Bertz CT molecular complexity index is 688. The van der Waals surface area contributed by atoms with E-state index in [1.54, 1.807) is 12.1 Å². The maximum absolute atomic E-state index is 6.01. The number of ether oxygens (including phenoxy) is 2. The number of benzene rings is 2. The Labute approximate surface area is 128 Å². The van der Waals surface area contributed by atoms with Crippen molar-refractivity contribution in [2.75, 3.05) is 0 Å². The van der Waals surface area contributed by atoms with Crippen LogP contribution in [0, 0.1) is 0 Å². The summed E-state index contributed by atoms with van der Waals surface area (Å²) in [6, 6.07) is 9.30. The molecule has 1 aliphatic heterocycles. The van der Waals surface area contributed by atoms with Gasteiger partial charge in [0.2, 0.25) is 0 Å². The van der Waals surface area contributed by atoms with Crippen molar-refractivity contribution >= 4 is 23.2 Å². The number of hydrogen-bond acceptors (Lipinski definition) is 2. The SMILES string of the molecule is CC(C)(C)c1ccc2c(c1)Oc1cc(Cl)c(Cl)cc1O2. The molecule has 1 aliphatic rings. The average Bonchev–Trinajstić information content (AvgIpc) is 2.36. The monoisotopic (exact) mass is 308 g/mol. The zero-order valence-electron chi connectivity index (χ0n) is 11.5. The van der Waals surface area contributed by atoms with Gasteiger partial charge < -0.3 is 9.47 Å². The van der Waals surface area contributed by atoms with Crippen LogP contribution < -0.4 is 9.47 Å². The fourth-order valence-electron chi connectivity index (χ4n) is 2.05. The van der Waals surface area contributed by atoms with Gasteiger partial charge in [0, 0.05) is 12.1 Å². The number of hydrogen-bond donors (Lipinski definition) is 0. The topological polar surface area (TPSA) is 18.5 Å². The predicted octanol–water partition coefficient (Wildman–Crippen LogP) is 6.19. The molecule has 3 rings (SSSR count). The lowest BCUT2D eigenvalue weighted by molar-refractivity contribution is 0.358. The molecule has 2 nitrogen and oxygen atoms in total. The molecule has 0 unspecified atom stereocenters. The van der Waals surface area contributed by atoms with Gasteiger partial charge in [0.1, 0.15) is 0 Å². The van der Waals surface area contributed by atoms with E-state index in [1.165, 1.54) is 5.56 Å². The molecule has 0 radical (unpaired) electrons. The van der Waals surface area contributed by atoms with Crippen molar-refractivity contribution in [2.24, 2.45) is 0 Å². The summed E-state index contributed by atoms with van der Waals surface area (Å²) in [4.78, 5) is 0. The van der Waals surface area contributed by atoms with Crippen LogP contribution in [-0.4, -0.2) is 0 Å². The van der Waals surface area contributed by atoms with E-state index in [9.17, 15) is 0 Å². The molecular formula is C16H14Cl2O2. The van der Waals surface area contributed by atoms with E-state index < -0.39 is 0 Å². The number of fused-ring (bicyclic) bond motifs is 2. The minimum absolute atomic E-state index is 0.0519. The maximum atomic E-state index is 6.01. The van der Waals surface area contributed by atoms with E-state index in [-0.39, 0.29) is 5.41 Å². The molecule has 0 fully saturated rings. The standard InChI is InChI=1S/C16H14Cl2O2/c1-16(2,3)9-4-5-12-13(6-9)20-15-8-11(18)10(17)7-14(15)19-12/h4-8H,1-3H3. The highest BCUT2D eigenvalue weighted by molar-refractivity contribution is 6.42. The molecule has 104 valence electrons. The summed E-state index contributed by atoms with van der Waals surface area (Å²) in [6.45, 7) is 6.47. The molecule has 0 spiro atoms. The fourth-order valence-corrected chi connectivity index (χ4v) is 2.35. The van der Waals surface area contributed by atoms with Crippen LogP contribution in [0.3, 0.4) is 0 Å². The van der Waals surface area contributed by atoms with Crippen LogP contribution in [0.1, 0.15) is 26.3 Å². The van der Waals surface area contributed by atoms with Crippen molar-refractivity contribution in [1.82, 2.24) is 0 Å². The Hall–Kier alpha value is -1.38. The summed E-state index contributed by atoms with van der Waals surface area (Å²) < 4.78 is 11.7. The quantitative estimate of drug-likeness (QED) is 0.493. The summed E-state index contributed by atoms with van der Waals surface area (Å²) >= 11 is 12.0. The molecule has 2 aromatic carbocycles. The van der Waals surface area contributed by atoms with Crippen LogP contribution in [0.15, 0.2) is 30.3 Å². The van der Waals surface area contributed by atoms with E-state index in [1.807, 2.05) is 18.2 Å². The first kappa shape index (κ1) is 13.6. The van der Waals surface area contributed by atoms with E-state index >= 15 is 0 Å². The number of halogens is 2. The van der Waals surface area contributed by atoms with E-state index in [0.717, 1.165) is 0 Å². The van der Waals surface area contributed by atoms with Crippen molar-refractivity contribution in [1.29, 1.82) is 0 Å². The van der Waals surface area contributed by atoms with E-state index in [2.05, 4.69) is 20.8 Å². The van der Waals surface area contributed by atoms with Crippen molar-refractivity contribution < 1.29 is 9.47 Å². The van der Waals surface area contributed by atoms with Crippen LogP contribution >= 0.6 is 23.2 Å². The van der Waals surface area contributed by atoms with Gasteiger partial charge in [-0.25, -0.2) is 0 Å². The van der Waals surface area contributed by atoms with E-state index in [4.69, 9.17) is 32.7 Å². The third-order valence-electron chi connectivity index (χ3n) is 3.24. The largest absolute Gasteiger partial charge is 0.449 e. The van der Waals surface area contributed by atoms with E-state index in [0.29, 0.717) is 33.0 Å². The van der Waals surface area contributed by atoms with Gasteiger partial charge in [0.15, 0.2) is 23.0 Å². The van der Waals surface area contributed by atoms with Gasteiger partial charge in [-0.05, 0) is 23.1 Å². The summed E-state index contributed by atoms with van der Waals surface area (Å²) in [5, 5.41) is 0.897. The molecule has 20 heavy (non-hydrogen) atoms. The maximum Gasteiger partial charge on any atom is 0.171 e. The second kappa shape index (κ2) is 4.57. The lowest BCUT2D eigenvalue weighted by Crippen LogP contribution is -2.11. The fraction of sp³-hybridized carbons (Fsp3) is 0.250. The van der Waals surface area contributed by atoms with Crippen LogP contribution in [0.5, 0.6) is 23.0 Å². The van der Waals surface area contributed by atoms with Crippen molar-refractivity contribution in [3.63, 3.8) is 0 Å². The van der Waals surface area contributed by atoms with Crippen LogP contribution in [-0.2, 0) is 5.41 Å². The van der Waals surface area contributed by atoms with Gasteiger partial charge in [0.05, 0.1) is 10.0 Å². The first-order valence-corrected chi connectivity index (χ1v) is 7.09.